The Kier molecular flexibility index (Phi) is 3.19. The smallest absolute Gasteiger partial charge is 0.318 e. The molecular formula is C10H6F2N4O3. The second kappa shape index (κ2) is 4.80. The Morgan fingerprint density at radius 1 is 1.42 bits per heavy atom. The van der Waals surface area contributed by atoms with Crippen LogP contribution in [0.3, 0.4) is 0 Å². The highest BCUT2D eigenvalue weighted by atomic mass is 19.1. The van der Waals surface area contributed by atoms with E-state index in [0.717, 1.165) is 18.3 Å². The number of anilines is 1. The molecule has 0 aliphatic carbocycles. The van der Waals surface area contributed by atoms with Gasteiger partial charge in [0.05, 0.1) is 10.6 Å². The number of nitro groups is 1. The third-order valence-electron chi connectivity index (χ3n) is 2.22. The molecule has 2 rings (SSSR count). The van der Waals surface area contributed by atoms with Gasteiger partial charge in [-0.05, 0) is 12.1 Å². The number of halogens is 2. The molecule has 19 heavy (non-hydrogen) atoms. The molecule has 2 N–H and O–H groups in total. The van der Waals surface area contributed by atoms with Crippen LogP contribution in [0.5, 0.6) is 0 Å². The van der Waals surface area contributed by atoms with Crippen molar-refractivity contribution in [2.24, 2.45) is 0 Å². The first-order chi connectivity index (χ1) is 8.99. The zero-order chi connectivity index (χ0) is 14.0. The first kappa shape index (κ1) is 12.6. The summed E-state index contributed by atoms with van der Waals surface area (Å²) in [4.78, 5) is 21.5. The van der Waals surface area contributed by atoms with E-state index in [1.165, 1.54) is 0 Å². The van der Waals surface area contributed by atoms with Crippen LogP contribution in [0, 0.1) is 21.7 Å². The number of rotatable bonds is 3. The van der Waals surface area contributed by atoms with Crippen molar-refractivity contribution >= 4 is 17.3 Å². The molecule has 0 unspecified atom stereocenters. The molecule has 98 valence electrons. The van der Waals surface area contributed by atoms with E-state index in [1.807, 2.05) is 0 Å². The van der Waals surface area contributed by atoms with Crippen LogP contribution in [-0.4, -0.2) is 21.0 Å². The van der Waals surface area contributed by atoms with Gasteiger partial charge in [0, 0.05) is 6.07 Å². The standard InChI is InChI=1S/C10H6F2N4O3/c11-5-1-2-7(6(12)3-5)14-10(17)9-8(16(18)19)4-13-15-9/h1-4H,(H,13,15)(H,14,17). The van der Waals surface area contributed by atoms with Crippen molar-refractivity contribution in [3.05, 3.63) is 51.8 Å². The van der Waals surface area contributed by atoms with Crippen molar-refractivity contribution < 1.29 is 18.5 Å². The van der Waals surface area contributed by atoms with Crippen molar-refractivity contribution in [2.75, 3.05) is 5.32 Å². The van der Waals surface area contributed by atoms with E-state index in [2.05, 4.69) is 15.5 Å². The molecule has 0 saturated heterocycles. The first-order valence-electron chi connectivity index (χ1n) is 4.93. The number of nitrogens with one attached hydrogen (secondary N) is 2. The molecule has 1 heterocycles. The van der Waals surface area contributed by atoms with Crippen LogP contribution in [0.1, 0.15) is 10.5 Å². The predicted molar refractivity (Wildman–Crippen MR) is 59.6 cm³/mol. The molecule has 0 atom stereocenters. The fourth-order valence-corrected chi connectivity index (χ4v) is 1.36. The van der Waals surface area contributed by atoms with Gasteiger partial charge in [0.2, 0.25) is 5.69 Å². The highest BCUT2D eigenvalue weighted by molar-refractivity contribution is 6.05. The highest BCUT2D eigenvalue weighted by Gasteiger charge is 2.23. The zero-order valence-corrected chi connectivity index (χ0v) is 9.18. The normalized spacial score (nSPS) is 10.2. The van der Waals surface area contributed by atoms with Crippen molar-refractivity contribution in [1.29, 1.82) is 0 Å². The Morgan fingerprint density at radius 3 is 2.79 bits per heavy atom. The maximum Gasteiger partial charge on any atom is 0.319 e. The monoisotopic (exact) mass is 268 g/mol. The SMILES string of the molecule is O=C(Nc1ccc(F)cc1F)c1[nH]ncc1[N+](=O)[O-]. The molecule has 0 bridgehead atoms. The summed E-state index contributed by atoms with van der Waals surface area (Å²) in [6, 6.07) is 2.53. The third kappa shape index (κ3) is 2.54. The first-order valence-corrected chi connectivity index (χ1v) is 4.93. The number of aromatic amines is 1. The minimum atomic E-state index is -0.990. The van der Waals surface area contributed by atoms with Gasteiger partial charge in [-0.1, -0.05) is 0 Å². The number of nitrogens with zero attached hydrogens (tertiary/aromatic N) is 2. The maximum absolute atomic E-state index is 13.3. The van der Waals surface area contributed by atoms with Gasteiger partial charge < -0.3 is 5.32 Å². The fourth-order valence-electron chi connectivity index (χ4n) is 1.36. The topological polar surface area (TPSA) is 101 Å². The minimum Gasteiger partial charge on any atom is -0.318 e. The average molecular weight is 268 g/mol. The van der Waals surface area contributed by atoms with Crippen molar-refractivity contribution in [3.8, 4) is 0 Å². The van der Waals surface area contributed by atoms with Crippen LogP contribution in [0.4, 0.5) is 20.2 Å². The number of hydrogen-bond donors (Lipinski definition) is 2. The summed E-state index contributed by atoms with van der Waals surface area (Å²) in [5.41, 5.74) is -1.26. The van der Waals surface area contributed by atoms with Gasteiger partial charge in [-0.2, -0.15) is 5.10 Å². The largest absolute Gasteiger partial charge is 0.319 e. The summed E-state index contributed by atoms with van der Waals surface area (Å²) >= 11 is 0. The predicted octanol–water partition coefficient (Wildman–Crippen LogP) is 1.85. The van der Waals surface area contributed by atoms with Gasteiger partial charge in [0.25, 0.3) is 5.91 Å². The quantitative estimate of drug-likeness (QED) is 0.655. The highest BCUT2D eigenvalue weighted by Crippen LogP contribution is 2.19. The molecule has 0 spiro atoms. The van der Waals surface area contributed by atoms with Gasteiger partial charge in [0.1, 0.15) is 17.8 Å². The van der Waals surface area contributed by atoms with Gasteiger partial charge in [-0.25, -0.2) is 8.78 Å². The average Bonchev–Trinajstić information content (AvgIpc) is 2.82. The van der Waals surface area contributed by atoms with Crippen molar-refractivity contribution in [1.82, 2.24) is 10.2 Å². The number of carbonyl (C=O) groups excluding carboxylic acids is 1. The third-order valence-corrected chi connectivity index (χ3v) is 2.22. The van der Waals surface area contributed by atoms with E-state index in [0.29, 0.717) is 6.07 Å². The molecule has 0 radical (unpaired) electrons. The molecule has 9 heteroatoms. The Balaban J connectivity index is 2.26. The Labute approximate surface area is 104 Å². The fraction of sp³-hybridized carbons (Fsp3) is 0. The number of amides is 1. The van der Waals surface area contributed by atoms with Crippen LogP contribution in [-0.2, 0) is 0 Å². The van der Waals surface area contributed by atoms with E-state index >= 15 is 0 Å². The lowest BCUT2D eigenvalue weighted by Gasteiger charge is -2.04. The summed E-state index contributed by atoms with van der Waals surface area (Å²) in [5.74, 6) is -2.74. The Morgan fingerprint density at radius 2 is 2.16 bits per heavy atom. The molecule has 0 fully saturated rings. The summed E-state index contributed by atoms with van der Waals surface area (Å²) in [5, 5.41) is 18.2. The van der Waals surface area contributed by atoms with E-state index in [4.69, 9.17) is 0 Å². The van der Waals surface area contributed by atoms with Crippen LogP contribution < -0.4 is 5.32 Å². The number of hydrogen-bond acceptors (Lipinski definition) is 4. The van der Waals surface area contributed by atoms with Crippen molar-refractivity contribution in [3.63, 3.8) is 0 Å². The number of benzene rings is 1. The van der Waals surface area contributed by atoms with Gasteiger partial charge in [-0.3, -0.25) is 20.0 Å². The number of carbonyl (C=O) groups is 1. The number of aromatic nitrogens is 2. The summed E-state index contributed by atoms with van der Waals surface area (Å²) in [6.07, 6.45) is 0.857. The van der Waals surface area contributed by atoms with Gasteiger partial charge in [0.15, 0.2) is 0 Å². The molecule has 1 aromatic carbocycles. The van der Waals surface area contributed by atoms with Gasteiger partial charge in [-0.15, -0.1) is 0 Å². The lowest BCUT2D eigenvalue weighted by molar-refractivity contribution is -0.385. The molecule has 1 amide bonds. The van der Waals surface area contributed by atoms with E-state index in [-0.39, 0.29) is 5.69 Å². The second-order valence-electron chi connectivity index (χ2n) is 3.47. The summed E-state index contributed by atoms with van der Waals surface area (Å²) < 4.78 is 26.0. The summed E-state index contributed by atoms with van der Waals surface area (Å²) in [7, 11) is 0. The molecule has 0 aliphatic heterocycles. The molecule has 7 nitrogen and oxygen atoms in total. The Hall–Kier alpha value is -2.84. The van der Waals surface area contributed by atoms with Gasteiger partial charge >= 0.3 is 5.69 Å². The Bertz CT molecular complexity index is 656. The lowest BCUT2D eigenvalue weighted by Crippen LogP contribution is -2.15. The van der Waals surface area contributed by atoms with E-state index < -0.39 is 33.8 Å². The van der Waals surface area contributed by atoms with Crippen LogP contribution in [0.2, 0.25) is 0 Å². The molecular weight excluding hydrogens is 262 g/mol. The van der Waals surface area contributed by atoms with Crippen LogP contribution in [0.15, 0.2) is 24.4 Å². The van der Waals surface area contributed by atoms with Crippen molar-refractivity contribution in [2.45, 2.75) is 0 Å². The second-order valence-corrected chi connectivity index (χ2v) is 3.47. The summed E-state index contributed by atoms with van der Waals surface area (Å²) in [6.45, 7) is 0. The molecule has 0 saturated carbocycles. The molecule has 1 aromatic heterocycles. The van der Waals surface area contributed by atoms with Crippen LogP contribution in [0.25, 0.3) is 0 Å². The van der Waals surface area contributed by atoms with E-state index in [1.54, 1.807) is 0 Å². The maximum atomic E-state index is 13.3. The van der Waals surface area contributed by atoms with Crippen LogP contribution >= 0.6 is 0 Å². The zero-order valence-electron chi connectivity index (χ0n) is 9.18. The number of H-pyrrole nitrogens is 1. The minimum absolute atomic E-state index is 0.296. The van der Waals surface area contributed by atoms with E-state index in [9.17, 15) is 23.7 Å². The molecule has 2 aromatic rings. The molecule has 0 aliphatic rings. The lowest BCUT2D eigenvalue weighted by atomic mass is 10.2.